The lowest BCUT2D eigenvalue weighted by atomic mass is 10.1. The van der Waals surface area contributed by atoms with Crippen molar-refractivity contribution in [3.05, 3.63) is 109 Å². The molecule has 3 N–H and O–H groups in total. The first-order valence-corrected chi connectivity index (χ1v) is 10.9. The lowest BCUT2D eigenvalue weighted by molar-refractivity contribution is 1.32. The van der Waals surface area contributed by atoms with Gasteiger partial charge in [0, 0.05) is 22.0 Å². The van der Waals surface area contributed by atoms with Crippen molar-refractivity contribution in [1.29, 1.82) is 0 Å². The zero-order valence-electron chi connectivity index (χ0n) is 17.8. The van der Waals surface area contributed by atoms with E-state index < -0.39 is 0 Å². The quantitative estimate of drug-likeness (QED) is 0.209. The lowest BCUT2D eigenvalue weighted by Crippen LogP contribution is -1.92. The third-order valence-electron chi connectivity index (χ3n) is 5.74. The fourth-order valence-corrected chi connectivity index (χ4v) is 4.09. The SMILES string of the molecule is C(=N\Nc1ccc(-c2nc3ccccc3[nH]2)cc1)/c1c(-c2ccccc2)[nH]c2ccccc12. The molecule has 0 unspecified atom stereocenters. The number of hydrogen-bond acceptors (Lipinski definition) is 3. The maximum Gasteiger partial charge on any atom is 0.138 e. The minimum Gasteiger partial charge on any atom is -0.354 e. The summed E-state index contributed by atoms with van der Waals surface area (Å²) in [7, 11) is 0. The fourth-order valence-electron chi connectivity index (χ4n) is 4.09. The summed E-state index contributed by atoms with van der Waals surface area (Å²) in [6.45, 7) is 0. The van der Waals surface area contributed by atoms with E-state index in [0.29, 0.717) is 0 Å². The lowest BCUT2D eigenvalue weighted by Gasteiger charge is -2.03. The van der Waals surface area contributed by atoms with Gasteiger partial charge in [-0.1, -0.05) is 60.7 Å². The van der Waals surface area contributed by atoms with Gasteiger partial charge in [0.15, 0.2) is 0 Å². The fraction of sp³-hybridized carbons (Fsp3) is 0. The highest BCUT2D eigenvalue weighted by atomic mass is 15.3. The van der Waals surface area contributed by atoms with Gasteiger partial charge in [-0.2, -0.15) is 5.10 Å². The molecule has 6 rings (SSSR count). The molecule has 0 saturated carbocycles. The Balaban J connectivity index is 1.26. The number of rotatable bonds is 5. The second kappa shape index (κ2) is 8.13. The summed E-state index contributed by atoms with van der Waals surface area (Å²) in [5, 5.41) is 5.68. The molecule has 5 heteroatoms. The van der Waals surface area contributed by atoms with Gasteiger partial charge >= 0.3 is 0 Å². The Morgan fingerprint density at radius 3 is 2.21 bits per heavy atom. The van der Waals surface area contributed by atoms with Crippen LogP contribution in [0.5, 0.6) is 0 Å². The number of hydrogen-bond donors (Lipinski definition) is 3. The van der Waals surface area contributed by atoms with Crippen molar-refractivity contribution in [2.45, 2.75) is 0 Å². The Morgan fingerprint density at radius 2 is 1.39 bits per heavy atom. The van der Waals surface area contributed by atoms with Crippen LogP contribution >= 0.6 is 0 Å². The number of para-hydroxylation sites is 3. The number of anilines is 1. The molecular weight excluding hydrogens is 406 g/mol. The summed E-state index contributed by atoms with van der Waals surface area (Å²) in [6.07, 6.45) is 1.88. The number of aromatic nitrogens is 3. The molecule has 0 saturated heterocycles. The second-order valence-electron chi connectivity index (χ2n) is 7.88. The summed E-state index contributed by atoms with van der Waals surface area (Å²) >= 11 is 0. The van der Waals surface area contributed by atoms with E-state index in [2.05, 4.69) is 49.7 Å². The molecule has 0 radical (unpaired) electrons. The third kappa shape index (κ3) is 3.66. The maximum atomic E-state index is 4.67. The second-order valence-corrected chi connectivity index (χ2v) is 7.88. The number of nitrogens with one attached hydrogen (secondary N) is 3. The van der Waals surface area contributed by atoms with Crippen LogP contribution < -0.4 is 5.43 Å². The Hall–Kier alpha value is -4.64. The maximum absolute atomic E-state index is 4.67. The molecule has 0 aliphatic carbocycles. The molecule has 0 bridgehead atoms. The van der Waals surface area contributed by atoms with Gasteiger partial charge in [0.25, 0.3) is 0 Å². The van der Waals surface area contributed by atoms with Gasteiger partial charge in [0.2, 0.25) is 0 Å². The highest BCUT2D eigenvalue weighted by Crippen LogP contribution is 2.29. The molecule has 5 nitrogen and oxygen atoms in total. The first kappa shape index (κ1) is 19.1. The molecule has 0 amide bonds. The van der Waals surface area contributed by atoms with Crippen molar-refractivity contribution in [2.75, 3.05) is 5.43 Å². The normalized spacial score (nSPS) is 11.5. The van der Waals surface area contributed by atoms with Crippen LogP contribution in [-0.2, 0) is 0 Å². The molecule has 2 aromatic heterocycles. The highest BCUT2D eigenvalue weighted by Gasteiger charge is 2.11. The highest BCUT2D eigenvalue weighted by molar-refractivity contribution is 6.06. The molecule has 0 atom stereocenters. The molecule has 158 valence electrons. The number of hydrazone groups is 1. The molecule has 33 heavy (non-hydrogen) atoms. The molecule has 0 spiro atoms. The van der Waals surface area contributed by atoms with Crippen molar-refractivity contribution in [1.82, 2.24) is 15.0 Å². The topological polar surface area (TPSA) is 68.9 Å². The van der Waals surface area contributed by atoms with E-state index >= 15 is 0 Å². The van der Waals surface area contributed by atoms with Gasteiger partial charge in [-0.05, 0) is 48.0 Å². The Labute approximate surface area is 190 Å². The molecule has 0 fully saturated rings. The van der Waals surface area contributed by atoms with Crippen LogP contribution in [0, 0.1) is 0 Å². The average Bonchev–Trinajstić information content (AvgIpc) is 3.47. The van der Waals surface area contributed by atoms with Gasteiger partial charge in [0.1, 0.15) is 5.82 Å². The van der Waals surface area contributed by atoms with Gasteiger partial charge < -0.3 is 9.97 Å². The minimum atomic E-state index is 0.859. The first-order chi connectivity index (χ1) is 16.3. The minimum absolute atomic E-state index is 0.859. The van der Waals surface area contributed by atoms with Gasteiger partial charge in [0.05, 0.1) is 28.6 Å². The smallest absolute Gasteiger partial charge is 0.138 e. The summed E-state index contributed by atoms with van der Waals surface area (Å²) in [6, 6.07) is 34.7. The zero-order chi connectivity index (χ0) is 22.0. The Kier molecular flexibility index (Phi) is 4.70. The van der Waals surface area contributed by atoms with Crippen molar-refractivity contribution >= 4 is 33.8 Å². The Bertz CT molecular complexity index is 1540. The predicted molar refractivity (Wildman–Crippen MR) is 136 cm³/mol. The van der Waals surface area contributed by atoms with Crippen LogP contribution in [0.15, 0.2) is 108 Å². The molecular formula is C28H21N5. The number of nitrogens with zero attached hydrogens (tertiary/aromatic N) is 2. The summed E-state index contributed by atoms with van der Waals surface area (Å²) < 4.78 is 0. The summed E-state index contributed by atoms with van der Waals surface area (Å²) in [5.41, 5.74) is 11.4. The summed E-state index contributed by atoms with van der Waals surface area (Å²) in [4.78, 5) is 11.6. The van der Waals surface area contributed by atoms with Gasteiger partial charge in [-0.25, -0.2) is 4.98 Å². The van der Waals surface area contributed by atoms with Crippen molar-refractivity contribution in [2.24, 2.45) is 5.10 Å². The standard InChI is InChI=1S/C28H21N5/c1-2-8-19(9-3-1)27-23(22-10-4-5-11-24(22)30-27)18-29-33-21-16-14-20(15-17-21)28-31-25-12-6-7-13-26(25)32-28/h1-18,30,33H,(H,31,32)/b29-18+. The first-order valence-electron chi connectivity index (χ1n) is 10.9. The monoisotopic (exact) mass is 427 g/mol. The van der Waals surface area contributed by atoms with E-state index in [0.717, 1.165) is 55.8 Å². The molecule has 6 aromatic rings. The van der Waals surface area contributed by atoms with E-state index in [9.17, 15) is 0 Å². The van der Waals surface area contributed by atoms with Crippen LogP contribution in [0.25, 0.3) is 44.6 Å². The van der Waals surface area contributed by atoms with Crippen LogP contribution in [0.3, 0.4) is 0 Å². The van der Waals surface area contributed by atoms with E-state index in [1.165, 1.54) is 0 Å². The zero-order valence-corrected chi connectivity index (χ0v) is 17.8. The summed E-state index contributed by atoms with van der Waals surface area (Å²) in [5.74, 6) is 0.859. The van der Waals surface area contributed by atoms with E-state index in [4.69, 9.17) is 0 Å². The van der Waals surface area contributed by atoms with Crippen molar-refractivity contribution < 1.29 is 0 Å². The number of imidazole rings is 1. The van der Waals surface area contributed by atoms with E-state index in [1.54, 1.807) is 0 Å². The number of H-pyrrole nitrogens is 2. The van der Waals surface area contributed by atoms with E-state index in [-0.39, 0.29) is 0 Å². The number of aromatic amines is 2. The predicted octanol–water partition coefficient (Wildman–Crippen LogP) is 6.82. The number of benzene rings is 4. The van der Waals surface area contributed by atoms with E-state index in [1.807, 2.05) is 85.1 Å². The average molecular weight is 428 g/mol. The van der Waals surface area contributed by atoms with Gasteiger partial charge in [-0.15, -0.1) is 0 Å². The molecule has 4 aromatic carbocycles. The van der Waals surface area contributed by atoms with Crippen LogP contribution in [0.2, 0.25) is 0 Å². The molecule has 0 aliphatic rings. The van der Waals surface area contributed by atoms with Crippen molar-refractivity contribution in [3.8, 4) is 22.6 Å². The largest absolute Gasteiger partial charge is 0.354 e. The number of fused-ring (bicyclic) bond motifs is 2. The van der Waals surface area contributed by atoms with Crippen molar-refractivity contribution in [3.63, 3.8) is 0 Å². The van der Waals surface area contributed by atoms with Gasteiger partial charge in [-0.3, -0.25) is 5.43 Å². The van der Waals surface area contributed by atoms with Crippen LogP contribution in [0.1, 0.15) is 5.56 Å². The Morgan fingerprint density at radius 1 is 0.667 bits per heavy atom. The van der Waals surface area contributed by atoms with Crippen LogP contribution in [0.4, 0.5) is 5.69 Å². The molecule has 0 aliphatic heterocycles. The third-order valence-corrected chi connectivity index (χ3v) is 5.74. The molecule has 2 heterocycles. The van der Waals surface area contributed by atoms with Crippen LogP contribution in [-0.4, -0.2) is 21.2 Å².